The molecule has 0 spiro atoms. The van der Waals surface area contributed by atoms with Gasteiger partial charge < -0.3 is 10.2 Å². The number of carbonyl (C=O) groups is 1. The second kappa shape index (κ2) is 6.30. The molecular formula is C10H20N2OS. The average Bonchev–Trinajstić information content (AvgIpc) is 2.19. The van der Waals surface area contributed by atoms with Crippen molar-refractivity contribution in [3.63, 3.8) is 0 Å². The van der Waals surface area contributed by atoms with Crippen molar-refractivity contribution >= 4 is 17.7 Å². The predicted octanol–water partition coefficient (Wildman–Crippen LogP) is 0.950. The van der Waals surface area contributed by atoms with E-state index < -0.39 is 0 Å². The lowest BCUT2D eigenvalue weighted by Crippen LogP contribution is -2.35. The lowest BCUT2D eigenvalue weighted by Gasteiger charge is -2.22. The molecule has 0 aromatic heterocycles. The molecule has 1 aliphatic rings. The fraction of sp³-hybridized carbons (Fsp3) is 0.900. The van der Waals surface area contributed by atoms with E-state index in [2.05, 4.69) is 5.32 Å². The van der Waals surface area contributed by atoms with Crippen LogP contribution in [0.1, 0.15) is 19.3 Å². The zero-order valence-electron chi connectivity index (χ0n) is 9.08. The third-order valence-corrected chi connectivity index (χ3v) is 3.54. The van der Waals surface area contributed by atoms with Gasteiger partial charge in [-0.05, 0) is 24.3 Å². The van der Waals surface area contributed by atoms with Crippen molar-refractivity contribution in [3.05, 3.63) is 0 Å². The highest BCUT2D eigenvalue weighted by Crippen LogP contribution is 2.16. The van der Waals surface area contributed by atoms with Crippen LogP contribution in [0.5, 0.6) is 0 Å². The summed E-state index contributed by atoms with van der Waals surface area (Å²) in [7, 11) is 3.61. The van der Waals surface area contributed by atoms with Gasteiger partial charge in [0.05, 0.1) is 0 Å². The molecule has 0 radical (unpaired) electrons. The van der Waals surface area contributed by atoms with Crippen LogP contribution < -0.4 is 5.32 Å². The molecular weight excluding hydrogens is 196 g/mol. The number of hydrogen-bond donors (Lipinski definition) is 1. The van der Waals surface area contributed by atoms with Crippen LogP contribution >= 0.6 is 11.8 Å². The Bertz CT molecular complexity index is 179. The van der Waals surface area contributed by atoms with Gasteiger partial charge in [-0.3, -0.25) is 4.79 Å². The zero-order chi connectivity index (χ0) is 10.4. The summed E-state index contributed by atoms with van der Waals surface area (Å²) in [4.78, 5) is 12.9. The van der Waals surface area contributed by atoms with Gasteiger partial charge in [-0.15, -0.1) is 0 Å². The summed E-state index contributed by atoms with van der Waals surface area (Å²) >= 11 is 2.03. The van der Waals surface area contributed by atoms with Crippen molar-refractivity contribution in [1.82, 2.24) is 10.2 Å². The Kier molecular flexibility index (Phi) is 5.33. The van der Waals surface area contributed by atoms with Crippen LogP contribution in [-0.2, 0) is 4.79 Å². The Morgan fingerprint density at radius 1 is 1.43 bits per heavy atom. The van der Waals surface area contributed by atoms with Crippen molar-refractivity contribution in [1.29, 1.82) is 0 Å². The maximum Gasteiger partial charge on any atom is 0.223 e. The molecule has 0 bridgehead atoms. The van der Waals surface area contributed by atoms with E-state index in [9.17, 15) is 4.79 Å². The van der Waals surface area contributed by atoms with Crippen LogP contribution in [0, 0.1) is 0 Å². The fourth-order valence-corrected chi connectivity index (χ4v) is 2.62. The molecule has 0 saturated carbocycles. The molecule has 0 aromatic rings. The van der Waals surface area contributed by atoms with Crippen LogP contribution in [0.4, 0.5) is 0 Å². The smallest absolute Gasteiger partial charge is 0.223 e. The number of amides is 1. The SMILES string of the molecule is CN(C)C(=O)CCNC1CCSCC1. The first-order valence-electron chi connectivity index (χ1n) is 5.21. The van der Waals surface area contributed by atoms with E-state index in [0.717, 1.165) is 6.54 Å². The van der Waals surface area contributed by atoms with Crippen molar-refractivity contribution in [3.8, 4) is 0 Å². The van der Waals surface area contributed by atoms with Crippen molar-refractivity contribution in [2.24, 2.45) is 0 Å². The van der Waals surface area contributed by atoms with Crippen molar-refractivity contribution in [2.75, 3.05) is 32.1 Å². The van der Waals surface area contributed by atoms with Gasteiger partial charge in [-0.2, -0.15) is 11.8 Å². The molecule has 1 heterocycles. The Morgan fingerprint density at radius 2 is 2.07 bits per heavy atom. The monoisotopic (exact) mass is 216 g/mol. The Morgan fingerprint density at radius 3 is 2.64 bits per heavy atom. The molecule has 1 fully saturated rings. The second-order valence-corrected chi connectivity index (χ2v) is 5.10. The Hall–Kier alpha value is -0.220. The molecule has 3 nitrogen and oxygen atoms in total. The summed E-state index contributed by atoms with van der Waals surface area (Å²) in [5.74, 6) is 2.74. The predicted molar refractivity (Wildman–Crippen MR) is 61.7 cm³/mol. The summed E-state index contributed by atoms with van der Waals surface area (Å²) in [6.45, 7) is 0.826. The van der Waals surface area contributed by atoms with E-state index in [1.165, 1.54) is 24.3 Å². The van der Waals surface area contributed by atoms with Crippen molar-refractivity contribution < 1.29 is 4.79 Å². The molecule has 1 aliphatic heterocycles. The molecule has 0 aromatic carbocycles. The van der Waals surface area contributed by atoms with Gasteiger partial charge in [-0.25, -0.2) is 0 Å². The number of rotatable bonds is 4. The average molecular weight is 216 g/mol. The van der Waals surface area contributed by atoms with E-state index in [0.29, 0.717) is 12.5 Å². The summed E-state index contributed by atoms with van der Waals surface area (Å²) in [6, 6.07) is 0.645. The van der Waals surface area contributed by atoms with Crippen molar-refractivity contribution in [2.45, 2.75) is 25.3 Å². The van der Waals surface area contributed by atoms with Gasteiger partial charge in [0.25, 0.3) is 0 Å². The minimum absolute atomic E-state index is 0.211. The lowest BCUT2D eigenvalue weighted by atomic mass is 10.1. The van der Waals surface area contributed by atoms with Crippen LogP contribution in [0.3, 0.4) is 0 Å². The van der Waals surface area contributed by atoms with Gasteiger partial charge >= 0.3 is 0 Å². The zero-order valence-corrected chi connectivity index (χ0v) is 9.90. The number of carbonyl (C=O) groups excluding carboxylic acids is 1. The van der Waals surface area contributed by atoms with Gasteiger partial charge in [0.1, 0.15) is 0 Å². The number of thioether (sulfide) groups is 1. The summed E-state index contributed by atoms with van der Waals surface area (Å²) in [6.07, 6.45) is 3.12. The maximum absolute atomic E-state index is 11.3. The van der Waals surface area contributed by atoms with Crippen LogP contribution in [-0.4, -0.2) is 49.0 Å². The molecule has 0 aliphatic carbocycles. The largest absolute Gasteiger partial charge is 0.349 e. The minimum Gasteiger partial charge on any atom is -0.349 e. The molecule has 1 saturated heterocycles. The quantitative estimate of drug-likeness (QED) is 0.759. The molecule has 1 amide bonds. The van der Waals surface area contributed by atoms with E-state index in [4.69, 9.17) is 0 Å². The number of nitrogens with zero attached hydrogens (tertiary/aromatic N) is 1. The van der Waals surface area contributed by atoms with E-state index in [-0.39, 0.29) is 5.91 Å². The van der Waals surface area contributed by atoms with Gasteiger partial charge in [0, 0.05) is 33.1 Å². The second-order valence-electron chi connectivity index (χ2n) is 3.88. The molecule has 1 N–H and O–H groups in total. The lowest BCUT2D eigenvalue weighted by molar-refractivity contribution is -0.128. The van der Waals surface area contributed by atoms with E-state index in [1.54, 1.807) is 19.0 Å². The van der Waals surface area contributed by atoms with Crippen LogP contribution in [0.15, 0.2) is 0 Å². The molecule has 0 atom stereocenters. The van der Waals surface area contributed by atoms with Gasteiger partial charge in [0.2, 0.25) is 5.91 Å². The molecule has 82 valence electrons. The van der Waals surface area contributed by atoms with Gasteiger partial charge in [0.15, 0.2) is 0 Å². The Balaban J connectivity index is 2.05. The fourth-order valence-electron chi connectivity index (χ4n) is 1.51. The molecule has 14 heavy (non-hydrogen) atoms. The third-order valence-electron chi connectivity index (χ3n) is 2.49. The van der Waals surface area contributed by atoms with Crippen LogP contribution in [0.25, 0.3) is 0 Å². The first kappa shape index (κ1) is 11.9. The minimum atomic E-state index is 0.211. The standard InChI is InChI=1S/C10H20N2OS/c1-12(2)10(13)3-6-11-9-4-7-14-8-5-9/h9,11H,3-8H2,1-2H3. The highest BCUT2D eigenvalue weighted by molar-refractivity contribution is 7.99. The Labute approximate surface area is 90.6 Å². The number of nitrogens with one attached hydrogen (secondary N) is 1. The highest BCUT2D eigenvalue weighted by atomic mass is 32.2. The first-order chi connectivity index (χ1) is 6.70. The maximum atomic E-state index is 11.3. The summed E-state index contributed by atoms with van der Waals surface area (Å²) in [5, 5.41) is 3.45. The molecule has 1 rings (SSSR count). The topological polar surface area (TPSA) is 32.3 Å². The van der Waals surface area contributed by atoms with E-state index in [1.807, 2.05) is 11.8 Å². The molecule has 0 unspecified atom stereocenters. The van der Waals surface area contributed by atoms with Crippen LogP contribution in [0.2, 0.25) is 0 Å². The summed E-state index contributed by atoms with van der Waals surface area (Å²) < 4.78 is 0. The first-order valence-corrected chi connectivity index (χ1v) is 6.37. The normalized spacial score (nSPS) is 18.1. The third kappa shape index (κ3) is 4.33. The number of hydrogen-bond acceptors (Lipinski definition) is 3. The van der Waals surface area contributed by atoms with E-state index >= 15 is 0 Å². The van der Waals surface area contributed by atoms with Gasteiger partial charge in [-0.1, -0.05) is 0 Å². The highest BCUT2D eigenvalue weighted by Gasteiger charge is 2.13. The summed E-state index contributed by atoms with van der Waals surface area (Å²) in [5.41, 5.74) is 0. The molecule has 4 heteroatoms.